The highest BCUT2D eigenvalue weighted by atomic mass is 16.5. The first-order chi connectivity index (χ1) is 14.1. The minimum absolute atomic E-state index is 0.525. The molecule has 0 aromatic rings. The SMILES string of the molecule is C=C(/C=C\C(=C)C(C)CCC(C)C(C)CCCC)OCC.C=C/C(N)=C\C(N)=C/C. The monoisotopic (exact) mass is 416 g/mol. The van der Waals surface area contributed by atoms with Crippen molar-refractivity contribution in [1.29, 1.82) is 0 Å². The topological polar surface area (TPSA) is 61.3 Å². The van der Waals surface area contributed by atoms with Gasteiger partial charge < -0.3 is 16.2 Å². The van der Waals surface area contributed by atoms with Crippen molar-refractivity contribution in [2.24, 2.45) is 29.2 Å². The van der Waals surface area contributed by atoms with Gasteiger partial charge in [-0.3, -0.25) is 0 Å². The Morgan fingerprint density at radius 3 is 2.03 bits per heavy atom. The van der Waals surface area contributed by atoms with Crippen LogP contribution in [0.5, 0.6) is 0 Å². The van der Waals surface area contributed by atoms with Gasteiger partial charge in [-0.25, -0.2) is 0 Å². The predicted octanol–water partition coefficient (Wildman–Crippen LogP) is 7.41. The summed E-state index contributed by atoms with van der Waals surface area (Å²) >= 11 is 0. The highest BCUT2D eigenvalue weighted by Crippen LogP contribution is 2.26. The molecule has 0 aliphatic heterocycles. The zero-order chi connectivity index (χ0) is 23.5. The van der Waals surface area contributed by atoms with Crippen LogP contribution in [0, 0.1) is 17.8 Å². The lowest BCUT2D eigenvalue weighted by Gasteiger charge is -2.21. The van der Waals surface area contributed by atoms with Gasteiger partial charge in [0.2, 0.25) is 0 Å². The van der Waals surface area contributed by atoms with E-state index in [0.29, 0.717) is 29.7 Å². The van der Waals surface area contributed by atoms with E-state index >= 15 is 0 Å². The summed E-state index contributed by atoms with van der Waals surface area (Å²) in [5, 5.41) is 0. The summed E-state index contributed by atoms with van der Waals surface area (Å²) in [5.41, 5.74) is 13.2. The quantitative estimate of drug-likeness (QED) is 0.229. The molecule has 3 nitrogen and oxygen atoms in total. The van der Waals surface area contributed by atoms with Gasteiger partial charge in [0.05, 0.1) is 6.61 Å². The molecular formula is C27H48N2O. The molecule has 0 radical (unpaired) electrons. The van der Waals surface area contributed by atoms with E-state index in [9.17, 15) is 0 Å². The van der Waals surface area contributed by atoms with Crippen LogP contribution < -0.4 is 11.5 Å². The zero-order valence-corrected chi connectivity index (χ0v) is 20.5. The fourth-order valence-corrected chi connectivity index (χ4v) is 2.73. The van der Waals surface area contributed by atoms with E-state index in [4.69, 9.17) is 16.2 Å². The van der Waals surface area contributed by atoms with Gasteiger partial charge in [-0.1, -0.05) is 84.4 Å². The number of hydrogen-bond donors (Lipinski definition) is 2. The van der Waals surface area contributed by atoms with Crippen molar-refractivity contribution >= 4 is 0 Å². The first-order valence-corrected chi connectivity index (χ1v) is 11.3. The Labute approximate surface area is 187 Å². The molecule has 0 fully saturated rings. The third kappa shape index (κ3) is 16.8. The second kappa shape index (κ2) is 18.8. The zero-order valence-electron chi connectivity index (χ0n) is 20.5. The van der Waals surface area contributed by atoms with Crippen LogP contribution in [0.25, 0.3) is 0 Å². The molecule has 0 saturated heterocycles. The fraction of sp³-hybridized carbons (Fsp3) is 0.556. The molecule has 0 saturated carbocycles. The van der Waals surface area contributed by atoms with Crippen molar-refractivity contribution in [3.8, 4) is 0 Å². The lowest BCUT2D eigenvalue weighted by atomic mass is 9.84. The Morgan fingerprint density at radius 2 is 1.53 bits per heavy atom. The minimum atomic E-state index is 0.525. The van der Waals surface area contributed by atoms with Gasteiger partial charge in [0, 0.05) is 11.4 Å². The molecule has 4 N–H and O–H groups in total. The molecule has 0 bridgehead atoms. The molecule has 0 rings (SSSR count). The summed E-state index contributed by atoms with van der Waals surface area (Å²) in [6, 6.07) is 0. The maximum absolute atomic E-state index is 5.41. The molecule has 0 aliphatic carbocycles. The molecule has 3 atom stereocenters. The Hall–Kier alpha value is -2.16. The molecule has 0 amide bonds. The lowest BCUT2D eigenvalue weighted by molar-refractivity contribution is 0.244. The summed E-state index contributed by atoms with van der Waals surface area (Å²) in [6.07, 6.45) is 15.5. The standard InChI is InChI=1S/C20H36O.C7H12N2/c1-8-10-11-16(3)17(4)12-13-18(5)19(6)14-15-20(7)21-9-2;1-3-6(8)5-7(9)4-2/h14-18H,6-13H2,1-5H3;3-5H,1,8-9H2,2H3/b15-14-;6-5+,7-4+. The lowest BCUT2D eigenvalue weighted by Crippen LogP contribution is -2.10. The van der Waals surface area contributed by atoms with Gasteiger partial charge in [-0.2, -0.15) is 0 Å². The van der Waals surface area contributed by atoms with E-state index in [1.54, 1.807) is 18.2 Å². The predicted molar refractivity (Wildman–Crippen MR) is 136 cm³/mol. The molecule has 0 aromatic heterocycles. The first-order valence-electron chi connectivity index (χ1n) is 11.3. The van der Waals surface area contributed by atoms with Crippen LogP contribution in [0.2, 0.25) is 0 Å². The summed E-state index contributed by atoms with van der Waals surface area (Å²) in [7, 11) is 0. The molecule has 0 aliphatic rings. The Bertz CT molecular complexity index is 584. The van der Waals surface area contributed by atoms with E-state index in [-0.39, 0.29) is 0 Å². The molecule has 172 valence electrons. The van der Waals surface area contributed by atoms with Crippen molar-refractivity contribution in [2.45, 2.75) is 73.6 Å². The highest BCUT2D eigenvalue weighted by molar-refractivity contribution is 5.24. The second-order valence-electron chi connectivity index (χ2n) is 8.02. The van der Waals surface area contributed by atoms with Gasteiger partial charge in [0.25, 0.3) is 0 Å². The van der Waals surface area contributed by atoms with Crippen LogP contribution in [0.3, 0.4) is 0 Å². The number of unbranched alkanes of at least 4 members (excludes halogenated alkanes) is 1. The molecular weight excluding hydrogens is 368 g/mol. The van der Waals surface area contributed by atoms with Crippen LogP contribution in [-0.2, 0) is 4.74 Å². The Morgan fingerprint density at radius 1 is 0.933 bits per heavy atom. The van der Waals surface area contributed by atoms with E-state index < -0.39 is 0 Å². The van der Waals surface area contributed by atoms with Crippen LogP contribution >= 0.6 is 0 Å². The third-order valence-electron chi connectivity index (χ3n) is 5.39. The largest absolute Gasteiger partial charge is 0.495 e. The van der Waals surface area contributed by atoms with E-state index in [2.05, 4.69) is 47.4 Å². The van der Waals surface area contributed by atoms with Crippen LogP contribution in [0.1, 0.15) is 73.6 Å². The fourth-order valence-electron chi connectivity index (χ4n) is 2.73. The number of nitrogens with two attached hydrogens (primary N) is 2. The molecule has 3 heteroatoms. The Balaban J connectivity index is 0. The Kier molecular flexibility index (Phi) is 18.9. The van der Waals surface area contributed by atoms with Crippen LogP contribution in [-0.4, -0.2) is 6.61 Å². The molecule has 0 spiro atoms. The summed E-state index contributed by atoms with van der Waals surface area (Å²) in [5.74, 6) is 2.87. The minimum Gasteiger partial charge on any atom is -0.495 e. The number of allylic oxidation sites excluding steroid dienone is 6. The van der Waals surface area contributed by atoms with Crippen molar-refractivity contribution in [3.63, 3.8) is 0 Å². The molecule has 0 heterocycles. The number of hydrogen-bond acceptors (Lipinski definition) is 3. The molecule has 30 heavy (non-hydrogen) atoms. The van der Waals surface area contributed by atoms with Gasteiger partial charge >= 0.3 is 0 Å². The number of ether oxygens (including phenoxy) is 1. The van der Waals surface area contributed by atoms with Gasteiger partial charge in [-0.05, 0) is 62.7 Å². The van der Waals surface area contributed by atoms with Crippen LogP contribution in [0.15, 0.2) is 72.8 Å². The summed E-state index contributed by atoms with van der Waals surface area (Å²) in [6.45, 7) is 25.3. The van der Waals surface area contributed by atoms with E-state index in [1.807, 2.05) is 26.0 Å². The highest BCUT2D eigenvalue weighted by Gasteiger charge is 2.14. The average Bonchev–Trinajstić information content (AvgIpc) is 2.73. The van der Waals surface area contributed by atoms with Crippen molar-refractivity contribution < 1.29 is 4.74 Å². The third-order valence-corrected chi connectivity index (χ3v) is 5.39. The molecule has 0 aromatic carbocycles. The van der Waals surface area contributed by atoms with Gasteiger partial charge in [0.1, 0.15) is 5.76 Å². The van der Waals surface area contributed by atoms with Crippen molar-refractivity contribution in [1.82, 2.24) is 0 Å². The van der Waals surface area contributed by atoms with Gasteiger partial charge in [0.15, 0.2) is 0 Å². The first kappa shape index (κ1) is 30.0. The van der Waals surface area contributed by atoms with E-state index in [1.165, 1.54) is 37.7 Å². The smallest absolute Gasteiger partial charge is 0.112 e. The van der Waals surface area contributed by atoms with Crippen molar-refractivity contribution in [2.75, 3.05) is 6.61 Å². The second-order valence-corrected chi connectivity index (χ2v) is 8.02. The maximum Gasteiger partial charge on any atom is 0.112 e. The summed E-state index contributed by atoms with van der Waals surface area (Å²) in [4.78, 5) is 0. The number of rotatable bonds is 14. The van der Waals surface area contributed by atoms with Crippen LogP contribution in [0.4, 0.5) is 0 Å². The van der Waals surface area contributed by atoms with E-state index in [0.717, 1.165) is 11.8 Å². The molecule has 3 unspecified atom stereocenters. The normalized spacial score (nSPS) is 15.0. The van der Waals surface area contributed by atoms with Crippen molar-refractivity contribution in [3.05, 3.63) is 72.8 Å². The maximum atomic E-state index is 5.41. The average molecular weight is 417 g/mol. The summed E-state index contributed by atoms with van der Waals surface area (Å²) < 4.78 is 5.32. The van der Waals surface area contributed by atoms with Gasteiger partial charge in [-0.15, -0.1) is 0 Å².